The van der Waals surface area contributed by atoms with Crippen molar-refractivity contribution in [3.63, 3.8) is 0 Å². The molecule has 0 saturated carbocycles. The molecule has 0 amide bonds. The van der Waals surface area contributed by atoms with Crippen molar-refractivity contribution in [3.8, 4) is 0 Å². The van der Waals surface area contributed by atoms with E-state index in [-0.39, 0.29) is 0 Å². The molecule has 1 N–H and O–H groups in total. The normalized spacial score (nSPS) is 10.8. The number of pyridine rings is 2. The van der Waals surface area contributed by atoms with Gasteiger partial charge in [-0.2, -0.15) is 0 Å². The molecule has 0 bridgehead atoms. The van der Waals surface area contributed by atoms with Gasteiger partial charge in [-0.1, -0.05) is 18.5 Å². The van der Waals surface area contributed by atoms with E-state index in [4.69, 9.17) is 11.6 Å². The van der Waals surface area contributed by atoms with E-state index >= 15 is 0 Å². The number of hydrogen-bond donors (Lipinski definition) is 1. The third-order valence-electron chi connectivity index (χ3n) is 3.15. The lowest BCUT2D eigenvalue weighted by Crippen LogP contribution is -2.23. The highest BCUT2D eigenvalue weighted by Gasteiger charge is 2.10. The predicted octanol–water partition coefficient (Wildman–Crippen LogP) is 3.19. The number of hydrogen-bond acceptors (Lipinski definition) is 4. The fourth-order valence-corrected chi connectivity index (χ4v) is 2.14. The van der Waals surface area contributed by atoms with Gasteiger partial charge in [0.25, 0.3) is 0 Å². The molecule has 2 heterocycles. The van der Waals surface area contributed by atoms with Gasteiger partial charge in [-0.25, -0.2) is 4.98 Å². The van der Waals surface area contributed by atoms with E-state index in [0.29, 0.717) is 5.02 Å². The Morgan fingerprint density at radius 1 is 1.15 bits per heavy atom. The lowest BCUT2D eigenvalue weighted by Gasteiger charge is -2.20. The fourth-order valence-electron chi connectivity index (χ4n) is 1.97. The van der Waals surface area contributed by atoms with Gasteiger partial charge in [-0.05, 0) is 36.4 Å². The molecule has 0 atom stereocenters. The lowest BCUT2D eigenvalue weighted by atomic mass is 10.2. The summed E-state index contributed by atoms with van der Waals surface area (Å²) >= 11 is 6.23. The molecule has 5 heteroatoms. The summed E-state index contributed by atoms with van der Waals surface area (Å²) in [4.78, 5) is 10.9. The maximum absolute atomic E-state index is 6.23. The van der Waals surface area contributed by atoms with Crippen LogP contribution in [0.5, 0.6) is 0 Å². The fraction of sp³-hybridized carbons (Fsp3) is 0.333. The highest BCUT2D eigenvalue weighted by atomic mass is 35.5. The summed E-state index contributed by atoms with van der Waals surface area (Å²) in [5.74, 6) is 0.837. The highest BCUT2D eigenvalue weighted by Crippen LogP contribution is 2.19. The molecule has 2 rings (SSSR count). The summed E-state index contributed by atoms with van der Waals surface area (Å²) in [6, 6.07) is 7.82. The summed E-state index contributed by atoms with van der Waals surface area (Å²) < 4.78 is 0. The first-order chi connectivity index (χ1) is 9.72. The molecular weight excluding hydrogens is 272 g/mol. The van der Waals surface area contributed by atoms with Crippen molar-refractivity contribution in [2.24, 2.45) is 0 Å². The summed E-state index contributed by atoms with van der Waals surface area (Å²) in [6.07, 6.45) is 3.63. The zero-order valence-corrected chi connectivity index (χ0v) is 12.6. The molecule has 0 unspecified atom stereocenters. The van der Waals surface area contributed by atoms with Crippen LogP contribution in [0.2, 0.25) is 5.02 Å². The van der Waals surface area contributed by atoms with Crippen LogP contribution in [0, 0.1) is 0 Å². The van der Waals surface area contributed by atoms with Gasteiger partial charge in [-0.3, -0.25) is 9.88 Å². The van der Waals surface area contributed by atoms with Crippen molar-refractivity contribution < 1.29 is 0 Å². The van der Waals surface area contributed by atoms with E-state index in [1.54, 1.807) is 0 Å². The van der Waals surface area contributed by atoms with E-state index in [9.17, 15) is 0 Å². The second-order valence-electron chi connectivity index (χ2n) is 4.53. The van der Waals surface area contributed by atoms with Gasteiger partial charge in [-0.15, -0.1) is 0 Å². The van der Waals surface area contributed by atoms with Crippen LogP contribution < -0.4 is 5.32 Å². The van der Waals surface area contributed by atoms with Crippen LogP contribution in [0.1, 0.15) is 18.2 Å². The summed E-state index contributed by atoms with van der Waals surface area (Å²) in [6.45, 7) is 4.66. The predicted molar refractivity (Wildman–Crippen MR) is 82.8 cm³/mol. The van der Waals surface area contributed by atoms with Gasteiger partial charge in [0, 0.05) is 32.5 Å². The van der Waals surface area contributed by atoms with E-state index in [1.807, 2.05) is 43.7 Å². The molecule has 0 fully saturated rings. The minimum Gasteiger partial charge on any atom is -0.373 e. The Kier molecular flexibility index (Phi) is 5.32. The molecule has 0 aliphatic carbocycles. The summed E-state index contributed by atoms with van der Waals surface area (Å²) in [5.41, 5.74) is 2.14. The Morgan fingerprint density at radius 2 is 1.90 bits per heavy atom. The summed E-state index contributed by atoms with van der Waals surface area (Å²) in [5, 5.41) is 3.74. The average molecular weight is 291 g/mol. The lowest BCUT2D eigenvalue weighted by molar-refractivity contribution is 0.268. The van der Waals surface area contributed by atoms with Crippen LogP contribution in [-0.4, -0.2) is 28.5 Å². The second-order valence-corrected chi connectivity index (χ2v) is 4.94. The van der Waals surface area contributed by atoms with Gasteiger partial charge in [0.05, 0.1) is 10.7 Å². The molecule has 4 nitrogen and oxygen atoms in total. The van der Waals surface area contributed by atoms with Crippen LogP contribution in [0.3, 0.4) is 0 Å². The molecule has 0 saturated heterocycles. The van der Waals surface area contributed by atoms with Gasteiger partial charge >= 0.3 is 0 Å². The molecular formula is C15H19ClN4. The minimum absolute atomic E-state index is 0.706. The van der Waals surface area contributed by atoms with E-state index in [1.165, 1.54) is 5.56 Å². The first kappa shape index (κ1) is 14.8. The molecule has 20 heavy (non-hydrogen) atoms. The van der Waals surface area contributed by atoms with E-state index < -0.39 is 0 Å². The maximum atomic E-state index is 6.23. The molecule has 0 spiro atoms. The third kappa shape index (κ3) is 3.92. The van der Waals surface area contributed by atoms with Crippen LogP contribution in [0.4, 0.5) is 5.82 Å². The monoisotopic (exact) mass is 290 g/mol. The Labute approximate surface area is 124 Å². The van der Waals surface area contributed by atoms with Gasteiger partial charge in [0.1, 0.15) is 5.82 Å². The van der Waals surface area contributed by atoms with Crippen LogP contribution in [0.25, 0.3) is 0 Å². The highest BCUT2D eigenvalue weighted by molar-refractivity contribution is 6.31. The number of nitrogens with zero attached hydrogens (tertiary/aromatic N) is 3. The van der Waals surface area contributed by atoms with Crippen molar-refractivity contribution in [2.75, 3.05) is 18.9 Å². The average Bonchev–Trinajstić information content (AvgIpc) is 2.49. The van der Waals surface area contributed by atoms with Crippen LogP contribution in [0.15, 0.2) is 36.7 Å². The van der Waals surface area contributed by atoms with Crippen molar-refractivity contribution in [1.82, 2.24) is 14.9 Å². The number of aromatic nitrogens is 2. The van der Waals surface area contributed by atoms with Gasteiger partial charge < -0.3 is 5.32 Å². The zero-order valence-electron chi connectivity index (χ0n) is 11.8. The topological polar surface area (TPSA) is 41.1 Å². The smallest absolute Gasteiger partial charge is 0.126 e. The molecule has 0 aliphatic heterocycles. The molecule has 0 radical (unpaired) electrons. The van der Waals surface area contributed by atoms with E-state index in [0.717, 1.165) is 31.1 Å². The molecule has 2 aromatic heterocycles. The zero-order chi connectivity index (χ0) is 14.4. The van der Waals surface area contributed by atoms with Gasteiger partial charge in [0.15, 0.2) is 0 Å². The van der Waals surface area contributed by atoms with Crippen LogP contribution in [-0.2, 0) is 13.1 Å². The molecule has 0 aliphatic rings. The number of halogens is 1. The van der Waals surface area contributed by atoms with Crippen LogP contribution >= 0.6 is 11.6 Å². The minimum atomic E-state index is 0.706. The number of rotatable bonds is 6. The second kappa shape index (κ2) is 7.22. The molecule has 0 aromatic carbocycles. The van der Waals surface area contributed by atoms with Crippen molar-refractivity contribution in [3.05, 3.63) is 52.9 Å². The van der Waals surface area contributed by atoms with Gasteiger partial charge in [0.2, 0.25) is 0 Å². The third-order valence-corrected chi connectivity index (χ3v) is 3.50. The number of anilines is 1. The van der Waals surface area contributed by atoms with Crippen molar-refractivity contribution >= 4 is 17.4 Å². The largest absolute Gasteiger partial charge is 0.373 e. The molecule has 106 valence electrons. The van der Waals surface area contributed by atoms with E-state index in [2.05, 4.69) is 27.1 Å². The van der Waals surface area contributed by atoms with Crippen molar-refractivity contribution in [1.29, 1.82) is 0 Å². The maximum Gasteiger partial charge on any atom is 0.126 e. The standard InChI is InChI=1S/C15H19ClN4/c1-3-20(10-12-6-8-18-9-7-12)11-14-13(16)4-5-15(17-2)19-14/h4-9H,3,10-11H2,1-2H3,(H,17,19). The first-order valence-electron chi connectivity index (χ1n) is 6.67. The Morgan fingerprint density at radius 3 is 2.55 bits per heavy atom. The molecule has 2 aromatic rings. The number of nitrogens with one attached hydrogen (secondary N) is 1. The SMILES string of the molecule is CCN(Cc1ccncc1)Cc1nc(NC)ccc1Cl. The summed E-state index contributed by atoms with van der Waals surface area (Å²) in [7, 11) is 1.86. The Hall–Kier alpha value is -1.65. The Balaban J connectivity index is 2.10. The Bertz CT molecular complexity index is 545. The first-order valence-corrected chi connectivity index (χ1v) is 7.05. The quantitative estimate of drug-likeness (QED) is 0.887. The van der Waals surface area contributed by atoms with Crippen molar-refractivity contribution in [2.45, 2.75) is 20.0 Å².